The SMILES string of the molecule is C[C@H](Nc1cc(Cl)nc2c1cnn2[C@@H]1O[C@H](COP(=O)(O)CP(=O)(O)O)[C@H](O)C1O)c1ccc(S(F)(F)(F)(F)F)cc1. The number of benzene rings is 1. The van der Waals surface area contributed by atoms with Crippen LogP contribution in [0.25, 0.3) is 11.0 Å². The minimum absolute atomic E-state index is 0.000564. The number of anilines is 1. The molecule has 42 heavy (non-hydrogen) atoms. The molecule has 1 aromatic carbocycles. The third-order valence-electron chi connectivity index (χ3n) is 6.11. The van der Waals surface area contributed by atoms with Crippen molar-refractivity contribution in [1.82, 2.24) is 14.8 Å². The van der Waals surface area contributed by atoms with Crippen LogP contribution in [-0.2, 0) is 18.4 Å². The van der Waals surface area contributed by atoms with E-state index < -0.39 is 73.4 Å². The Labute approximate surface area is 238 Å². The van der Waals surface area contributed by atoms with Crippen molar-refractivity contribution in [1.29, 1.82) is 0 Å². The summed E-state index contributed by atoms with van der Waals surface area (Å²) >= 11 is 6.15. The maximum Gasteiger partial charge on any atom is 0.340 e. The number of aromatic nitrogens is 3. The molecule has 1 saturated heterocycles. The van der Waals surface area contributed by atoms with Gasteiger partial charge < -0.3 is 39.5 Å². The zero-order valence-electron chi connectivity index (χ0n) is 21.0. The van der Waals surface area contributed by atoms with Gasteiger partial charge in [-0.15, -0.1) is 0 Å². The smallest absolute Gasteiger partial charge is 0.340 e. The molecular formula is C20H24ClF5N4O9P2S. The van der Waals surface area contributed by atoms with Gasteiger partial charge in [-0.05, 0) is 30.7 Å². The second kappa shape index (κ2) is 10.3. The van der Waals surface area contributed by atoms with E-state index in [1.807, 2.05) is 0 Å². The van der Waals surface area contributed by atoms with Crippen LogP contribution >= 0.6 is 37.0 Å². The Balaban J connectivity index is 1.55. The Morgan fingerprint density at radius 3 is 2.31 bits per heavy atom. The highest BCUT2D eigenvalue weighted by Crippen LogP contribution is 3.02. The monoisotopic (exact) mass is 688 g/mol. The van der Waals surface area contributed by atoms with Crippen LogP contribution in [0.1, 0.15) is 24.8 Å². The van der Waals surface area contributed by atoms with Gasteiger partial charge in [-0.1, -0.05) is 43.2 Å². The number of ether oxygens (including phenoxy) is 1. The molecule has 2 unspecified atom stereocenters. The third-order valence-corrected chi connectivity index (χ3v) is 10.9. The van der Waals surface area contributed by atoms with Gasteiger partial charge >= 0.3 is 25.4 Å². The van der Waals surface area contributed by atoms with E-state index in [0.29, 0.717) is 0 Å². The van der Waals surface area contributed by atoms with Crippen LogP contribution in [0.2, 0.25) is 5.15 Å². The summed E-state index contributed by atoms with van der Waals surface area (Å²) in [5.41, 5.74) is 0.474. The highest BCUT2D eigenvalue weighted by atomic mass is 35.5. The predicted octanol–water partition coefficient (Wildman–Crippen LogP) is 4.87. The van der Waals surface area contributed by atoms with Crippen LogP contribution in [0, 0.1) is 0 Å². The molecule has 3 aromatic rings. The Hall–Kier alpha value is -1.89. The van der Waals surface area contributed by atoms with E-state index in [4.69, 9.17) is 26.1 Å². The van der Waals surface area contributed by atoms with Crippen molar-refractivity contribution in [2.75, 3.05) is 17.8 Å². The summed E-state index contributed by atoms with van der Waals surface area (Å²) in [7, 11) is -19.5. The normalized spacial score (nSPS) is 25.5. The fourth-order valence-electron chi connectivity index (χ4n) is 4.16. The highest BCUT2D eigenvalue weighted by molar-refractivity contribution is 8.45. The lowest BCUT2D eigenvalue weighted by Crippen LogP contribution is -2.33. The summed E-state index contributed by atoms with van der Waals surface area (Å²) in [6.07, 6.45) is -5.01. The molecule has 13 nitrogen and oxygen atoms in total. The number of rotatable bonds is 10. The summed E-state index contributed by atoms with van der Waals surface area (Å²) in [5.74, 6) is -1.48. The number of nitrogens with one attached hydrogen (secondary N) is 1. The number of aliphatic hydroxyl groups is 2. The number of hydrogen-bond acceptors (Lipinski definition) is 9. The molecule has 0 amide bonds. The molecule has 0 bridgehead atoms. The maximum atomic E-state index is 13.1. The first-order chi connectivity index (χ1) is 18.9. The summed E-state index contributed by atoms with van der Waals surface area (Å²) in [6, 6.07) is 2.98. The predicted molar refractivity (Wildman–Crippen MR) is 141 cm³/mol. The van der Waals surface area contributed by atoms with Gasteiger partial charge in [-0.2, -0.15) is 5.10 Å². The molecule has 0 saturated carbocycles. The minimum atomic E-state index is -9.85. The van der Waals surface area contributed by atoms with E-state index in [9.17, 15) is 43.7 Å². The fourth-order valence-corrected chi connectivity index (χ4v) is 7.56. The van der Waals surface area contributed by atoms with Crippen molar-refractivity contribution in [3.8, 4) is 0 Å². The molecule has 6 atom stereocenters. The first-order valence-corrected chi connectivity index (χ1v) is 17.5. The Morgan fingerprint density at radius 1 is 1.12 bits per heavy atom. The second-order valence-electron chi connectivity index (χ2n) is 9.51. The standard InChI is InChI=1S/C20H24ClF5N4O9P2S/c1-10(11-2-4-12(5-3-11)42(22,23,24,25)26)28-14-6-16(21)29-19-13(14)7-27-30(19)20-18(32)17(31)15(39-20)8-38-41(36,37)9-40(33,34)35/h2-7,10,15,17-18,20,31-32H,8-9H2,1H3,(H,28,29)(H,36,37)(H2,33,34,35)/t10-,15+,17-,18?,20+/m0/s1. The fraction of sp³-hybridized carbons (Fsp3) is 0.400. The topological polar surface area (TPSA) is 196 Å². The largest absolute Gasteiger partial charge is 0.387 e. The Kier molecular flexibility index (Phi) is 8.13. The number of halogens is 6. The van der Waals surface area contributed by atoms with Crippen LogP contribution < -0.4 is 5.32 Å². The molecule has 0 radical (unpaired) electrons. The van der Waals surface area contributed by atoms with E-state index in [1.165, 1.54) is 19.2 Å². The molecule has 22 heteroatoms. The zero-order valence-corrected chi connectivity index (χ0v) is 24.4. The Morgan fingerprint density at radius 2 is 1.74 bits per heavy atom. The Bertz CT molecular complexity index is 1600. The van der Waals surface area contributed by atoms with Crippen molar-refractivity contribution in [3.05, 3.63) is 47.2 Å². The van der Waals surface area contributed by atoms with E-state index >= 15 is 0 Å². The lowest BCUT2D eigenvalue weighted by molar-refractivity contribution is -0.0541. The molecule has 4 rings (SSSR count). The molecule has 1 aliphatic heterocycles. The molecule has 3 heterocycles. The van der Waals surface area contributed by atoms with Gasteiger partial charge in [0.25, 0.3) is 0 Å². The van der Waals surface area contributed by atoms with Gasteiger partial charge in [0.2, 0.25) is 0 Å². The summed E-state index contributed by atoms with van der Waals surface area (Å²) < 4.78 is 99.5. The zero-order chi connectivity index (χ0) is 31.5. The number of hydrogen-bond donors (Lipinski definition) is 6. The van der Waals surface area contributed by atoms with Gasteiger partial charge in [0.05, 0.1) is 23.9 Å². The van der Waals surface area contributed by atoms with Gasteiger partial charge in [0.15, 0.2) is 17.8 Å². The highest BCUT2D eigenvalue weighted by Gasteiger charge is 2.65. The van der Waals surface area contributed by atoms with Crippen LogP contribution in [-0.4, -0.2) is 70.5 Å². The molecule has 236 valence electrons. The number of nitrogens with zero attached hydrogens (tertiary/aromatic N) is 3. The van der Waals surface area contributed by atoms with E-state index in [2.05, 4.69) is 19.9 Å². The van der Waals surface area contributed by atoms with E-state index in [0.717, 1.165) is 16.8 Å². The van der Waals surface area contributed by atoms with Gasteiger partial charge in [0.1, 0.15) is 28.4 Å². The van der Waals surface area contributed by atoms with Crippen molar-refractivity contribution in [2.45, 2.75) is 42.4 Å². The first-order valence-electron chi connectivity index (χ1n) is 11.6. The quantitative estimate of drug-likeness (QED) is 0.0962. The maximum absolute atomic E-state index is 13.1. The van der Waals surface area contributed by atoms with Gasteiger partial charge in [0, 0.05) is 6.04 Å². The van der Waals surface area contributed by atoms with Crippen LogP contribution in [0.5, 0.6) is 0 Å². The summed E-state index contributed by atoms with van der Waals surface area (Å²) in [4.78, 5) is 29.6. The first kappa shape index (κ1) is 33.0. The third kappa shape index (κ3) is 7.60. The van der Waals surface area contributed by atoms with Crippen molar-refractivity contribution in [2.24, 2.45) is 0 Å². The average Bonchev–Trinajstić information content (AvgIpc) is 3.35. The molecule has 1 fully saturated rings. The molecular weight excluding hydrogens is 665 g/mol. The van der Waals surface area contributed by atoms with Crippen molar-refractivity contribution < 1.29 is 62.7 Å². The number of fused-ring (bicyclic) bond motifs is 1. The molecule has 0 spiro atoms. The van der Waals surface area contributed by atoms with Gasteiger partial charge in [-0.25, -0.2) is 9.67 Å². The van der Waals surface area contributed by atoms with E-state index in [-0.39, 0.29) is 39.6 Å². The lowest BCUT2D eigenvalue weighted by Gasteiger charge is -2.40. The second-order valence-corrected chi connectivity index (χ2v) is 16.3. The lowest BCUT2D eigenvalue weighted by atomic mass is 10.1. The molecule has 2 aromatic heterocycles. The molecule has 6 N–H and O–H groups in total. The van der Waals surface area contributed by atoms with Crippen molar-refractivity contribution in [3.63, 3.8) is 0 Å². The van der Waals surface area contributed by atoms with Crippen LogP contribution in [0.15, 0.2) is 41.4 Å². The van der Waals surface area contributed by atoms with Crippen LogP contribution in [0.4, 0.5) is 25.1 Å². The average molecular weight is 689 g/mol. The molecule has 0 aliphatic carbocycles. The summed E-state index contributed by atoms with van der Waals surface area (Å²) in [5, 5.41) is 28.2. The van der Waals surface area contributed by atoms with Crippen molar-refractivity contribution >= 4 is 53.7 Å². The molecule has 1 aliphatic rings. The minimum Gasteiger partial charge on any atom is -0.387 e. The number of pyridine rings is 1. The number of aliphatic hydroxyl groups excluding tert-OH is 2. The van der Waals surface area contributed by atoms with E-state index in [1.54, 1.807) is 0 Å². The van der Waals surface area contributed by atoms with Crippen LogP contribution in [0.3, 0.4) is 0 Å². The summed E-state index contributed by atoms with van der Waals surface area (Å²) in [6.45, 7) is 0.706. The van der Waals surface area contributed by atoms with Gasteiger partial charge in [-0.3, -0.25) is 9.13 Å².